The fourth-order valence-corrected chi connectivity index (χ4v) is 4.61. The molecule has 0 unspecified atom stereocenters. The van der Waals surface area contributed by atoms with E-state index in [1.165, 1.54) is 12.3 Å². The van der Waals surface area contributed by atoms with Crippen LogP contribution in [0.4, 0.5) is 0 Å². The van der Waals surface area contributed by atoms with Crippen LogP contribution < -0.4 is 0 Å². The first-order chi connectivity index (χ1) is 10.1. The molecule has 0 amide bonds. The molecule has 2 aromatic rings. The second-order valence-corrected chi connectivity index (χ2v) is 8.14. The van der Waals surface area contributed by atoms with Gasteiger partial charge in [-0.25, -0.2) is 13.4 Å². The Morgan fingerprint density at radius 1 is 1.33 bits per heavy atom. The Hall–Kier alpha value is -0.950. The lowest BCUT2D eigenvalue weighted by atomic mass is 10.3. The van der Waals surface area contributed by atoms with Gasteiger partial charge in [0.2, 0.25) is 0 Å². The van der Waals surface area contributed by atoms with Gasteiger partial charge in [-0.2, -0.15) is 4.31 Å². The first-order valence-corrected chi connectivity index (χ1v) is 9.52. The van der Waals surface area contributed by atoms with Gasteiger partial charge in [-0.3, -0.25) is 0 Å². The van der Waals surface area contributed by atoms with Gasteiger partial charge in [0, 0.05) is 29.5 Å². The lowest BCUT2D eigenvalue weighted by Gasteiger charge is -2.20. The third kappa shape index (κ3) is 3.29. The van der Waals surface area contributed by atoms with E-state index < -0.39 is 10.0 Å². The van der Waals surface area contributed by atoms with Crippen molar-refractivity contribution in [2.75, 3.05) is 0 Å². The molecule has 4 nitrogen and oxygen atoms in total. The van der Waals surface area contributed by atoms with Crippen LogP contribution in [0.1, 0.15) is 23.3 Å². The third-order valence-corrected chi connectivity index (χ3v) is 6.36. The van der Waals surface area contributed by atoms with Gasteiger partial charge in [-0.15, -0.1) is 22.9 Å². The van der Waals surface area contributed by atoms with Crippen molar-refractivity contribution in [3.05, 3.63) is 46.3 Å². The van der Waals surface area contributed by atoms with Crippen LogP contribution in [0.25, 0.3) is 0 Å². The van der Waals surface area contributed by atoms with E-state index in [4.69, 9.17) is 11.6 Å². The summed E-state index contributed by atoms with van der Waals surface area (Å²) in [6, 6.07) is 7.25. The van der Waals surface area contributed by atoms with Gasteiger partial charge in [0.15, 0.2) is 5.03 Å². The van der Waals surface area contributed by atoms with E-state index in [0.29, 0.717) is 12.4 Å². The number of hydrogen-bond donors (Lipinski definition) is 0. The molecule has 1 saturated carbocycles. The van der Waals surface area contributed by atoms with E-state index in [9.17, 15) is 8.42 Å². The summed E-state index contributed by atoms with van der Waals surface area (Å²) in [4.78, 5) is 5.12. The van der Waals surface area contributed by atoms with Crippen LogP contribution in [0, 0.1) is 0 Å². The molecular weight excluding hydrogens is 328 g/mol. The molecule has 0 N–H and O–H groups in total. The molecule has 112 valence electrons. The fourth-order valence-electron chi connectivity index (χ4n) is 2.09. The zero-order valence-electron chi connectivity index (χ0n) is 11.3. The minimum atomic E-state index is -3.55. The van der Waals surface area contributed by atoms with Crippen molar-refractivity contribution in [2.24, 2.45) is 0 Å². The first-order valence-electron chi connectivity index (χ1n) is 6.66. The molecule has 2 heterocycles. The van der Waals surface area contributed by atoms with Crippen molar-refractivity contribution in [2.45, 2.75) is 36.3 Å². The second kappa shape index (κ2) is 6.04. The first kappa shape index (κ1) is 15.0. The molecule has 0 aromatic carbocycles. The molecule has 0 radical (unpaired) electrons. The minimum Gasteiger partial charge on any atom is -0.243 e. The molecule has 0 saturated heterocycles. The van der Waals surface area contributed by atoms with Gasteiger partial charge in [0.1, 0.15) is 0 Å². The molecule has 0 spiro atoms. The highest BCUT2D eigenvalue weighted by Crippen LogP contribution is 2.33. The number of alkyl halides is 1. The maximum absolute atomic E-state index is 12.8. The summed E-state index contributed by atoms with van der Waals surface area (Å²) in [5.41, 5.74) is 0.812. The molecule has 1 aliphatic rings. The number of sulfonamides is 1. The van der Waals surface area contributed by atoms with Gasteiger partial charge >= 0.3 is 0 Å². The summed E-state index contributed by atoms with van der Waals surface area (Å²) in [7, 11) is -3.55. The van der Waals surface area contributed by atoms with Crippen LogP contribution in [-0.4, -0.2) is 23.7 Å². The average Bonchev–Trinajstić information content (AvgIpc) is 3.20. The van der Waals surface area contributed by atoms with Crippen molar-refractivity contribution in [1.82, 2.24) is 9.29 Å². The Balaban J connectivity index is 1.89. The normalized spacial score (nSPS) is 15.5. The Labute approximate surface area is 133 Å². The Bertz CT molecular complexity index is 695. The van der Waals surface area contributed by atoms with E-state index in [1.54, 1.807) is 21.7 Å². The molecule has 0 bridgehead atoms. The minimum absolute atomic E-state index is 0.0971. The van der Waals surface area contributed by atoms with E-state index in [-0.39, 0.29) is 11.1 Å². The summed E-state index contributed by atoms with van der Waals surface area (Å²) < 4.78 is 27.1. The van der Waals surface area contributed by atoms with Crippen LogP contribution in [-0.2, 0) is 22.4 Å². The average molecular weight is 343 g/mol. The standard InChI is InChI=1S/C14H15ClN2O2S2/c15-8-11-3-6-14(16-9-11)21(18,19)17(12-4-5-12)10-13-2-1-7-20-13/h1-3,6-7,9,12H,4-5,8,10H2. The maximum Gasteiger partial charge on any atom is 0.261 e. The van der Waals surface area contributed by atoms with Crippen LogP contribution in [0.2, 0.25) is 0 Å². The molecule has 0 aliphatic heterocycles. The van der Waals surface area contributed by atoms with Crippen LogP contribution >= 0.6 is 22.9 Å². The highest BCUT2D eigenvalue weighted by atomic mass is 35.5. The van der Waals surface area contributed by atoms with Gasteiger partial charge in [-0.05, 0) is 35.9 Å². The Morgan fingerprint density at radius 2 is 2.14 bits per heavy atom. The van der Waals surface area contributed by atoms with E-state index in [0.717, 1.165) is 23.3 Å². The maximum atomic E-state index is 12.8. The number of rotatable bonds is 6. The monoisotopic (exact) mass is 342 g/mol. The quantitative estimate of drug-likeness (QED) is 0.757. The van der Waals surface area contributed by atoms with Gasteiger partial charge < -0.3 is 0 Å². The summed E-state index contributed by atoms with van der Waals surface area (Å²) in [5.74, 6) is 0.328. The summed E-state index contributed by atoms with van der Waals surface area (Å²) >= 11 is 7.28. The third-order valence-electron chi connectivity index (χ3n) is 3.37. The van der Waals surface area contributed by atoms with Crippen molar-refractivity contribution in [1.29, 1.82) is 0 Å². The zero-order chi connectivity index (χ0) is 14.9. The molecule has 1 fully saturated rings. The number of pyridine rings is 1. The van der Waals surface area contributed by atoms with Crippen molar-refractivity contribution in [3.8, 4) is 0 Å². The second-order valence-electron chi connectivity index (χ2n) is 5.00. The zero-order valence-corrected chi connectivity index (χ0v) is 13.7. The molecule has 0 atom stereocenters. The highest BCUT2D eigenvalue weighted by Gasteiger charge is 2.38. The SMILES string of the molecule is O=S(=O)(c1ccc(CCl)cn1)N(Cc1cccs1)C1CC1. The number of thiophene rings is 1. The molecule has 1 aliphatic carbocycles. The molecule has 7 heteroatoms. The summed E-state index contributed by atoms with van der Waals surface area (Å²) in [6.07, 6.45) is 3.37. The van der Waals surface area contributed by atoms with Crippen molar-refractivity contribution < 1.29 is 8.42 Å². The lowest BCUT2D eigenvalue weighted by molar-refractivity contribution is 0.399. The molecule has 21 heavy (non-hydrogen) atoms. The summed E-state index contributed by atoms with van der Waals surface area (Å²) in [5, 5.41) is 2.06. The predicted molar refractivity (Wildman–Crippen MR) is 83.9 cm³/mol. The van der Waals surface area contributed by atoms with Crippen molar-refractivity contribution >= 4 is 33.0 Å². The van der Waals surface area contributed by atoms with Crippen LogP contribution in [0.3, 0.4) is 0 Å². The fraction of sp³-hybridized carbons (Fsp3) is 0.357. The molecule has 2 aromatic heterocycles. The van der Waals surface area contributed by atoms with E-state index >= 15 is 0 Å². The van der Waals surface area contributed by atoms with Gasteiger partial charge in [-0.1, -0.05) is 12.1 Å². The Kier molecular flexibility index (Phi) is 4.31. The lowest BCUT2D eigenvalue weighted by Crippen LogP contribution is -2.33. The van der Waals surface area contributed by atoms with Crippen LogP contribution in [0.15, 0.2) is 40.9 Å². The van der Waals surface area contributed by atoms with Gasteiger partial charge in [0.05, 0.1) is 0 Å². The number of hydrogen-bond acceptors (Lipinski definition) is 4. The highest BCUT2D eigenvalue weighted by molar-refractivity contribution is 7.89. The smallest absolute Gasteiger partial charge is 0.243 e. The largest absolute Gasteiger partial charge is 0.261 e. The Morgan fingerprint density at radius 3 is 2.67 bits per heavy atom. The van der Waals surface area contributed by atoms with Crippen molar-refractivity contribution in [3.63, 3.8) is 0 Å². The predicted octanol–water partition coefficient (Wildman–Crippen LogP) is 3.24. The topological polar surface area (TPSA) is 50.3 Å². The van der Waals surface area contributed by atoms with E-state index in [2.05, 4.69) is 4.98 Å². The van der Waals surface area contributed by atoms with Gasteiger partial charge in [0.25, 0.3) is 10.0 Å². The molecule has 3 rings (SSSR count). The van der Waals surface area contributed by atoms with Crippen LogP contribution in [0.5, 0.6) is 0 Å². The van der Waals surface area contributed by atoms with E-state index in [1.807, 2.05) is 17.5 Å². The number of halogens is 1. The summed E-state index contributed by atoms with van der Waals surface area (Å²) in [6.45, 7) is 0.420. The number of aromatic nitrogens is 1. The number of nitrogens with zero attached hydrogens (tertiary/aromatic N) is 2. The molecular formula is C14H15ClN2O2S2.